The lowest BCUT2D eigenvalue weighted by atomic mass is 10.0. The standard InChI is InChI=1S/C16H22N2O/c1-12-2-4-13(5-3-12)16(19)17-14-8-10-18(11-9-14)15-6-7-15/h2-5,14-15H,6-11H2,1H3,(H,17,19). The molecule has 0 spiro atoms. The molecule has 1 aliphatic heterocycles. The predicted octanol–water partition coefficient (Wildman–Crippen LogP) is 2.35. The van der Waals surface area contributed by atoms with E-state index in [1.807, 2.05) is 31.2 Å². The summed E-state index contributed by atoms with van der Waals surface area (Å²) in [5, 5.41) is 3.17. The van der Waals surface area contributed by atoms with Crippen molar-refractivity contribution in [2.45, 2.75) is 44.7 Å². The predicted molar refractivity (Wildman–Crippen MR) is 76.3 cm³/mol. The Kier molecular flexibility index (Phi) is 3.56. The van der Waals surface area contributed by atoms with Gasteiger partial charge in [-0.05, 0) is 44.7 Å². The van der Waals surface area contributed by atoms with Crippen LogP contribution in [0.3, 0.4) is 0 Å². The van der Waals surface area contributed by atoms with Crippen LogP contribution in [0.15, 0.2) is 24.3 Å². The number of carbonyl (C=O) groups is 1. The summed E-state index contributed by atoms with van der Waals surface area (Å²) in [6, 6.07) is 9.00. The van der Waals surface area contributed by atoms with Gasteiger partial charge in [-0.15, -0.1) is 0 Å². The Balaban J connectivity index is 1.51. The molecule has 1 aromatic rings. The second-order valence-electron chi connectivity index (χ2n) is 5.88. The number of aryl methyl sites for hydroxylation is 1. The van der Waals surface area contributed by atoms with Gasteiger partial charge < -0.3 is 10.2 Å². The molecule has 0 atom stereocenters. The Hall–Kier alpha value is -1.35. The van der Waals surface area contributed by atoms with Crippen molar-refractivity contribution >= 4 is 5.91 Å². The third kappa shape index (κ3) is 3.16. The van der Waals surface area contributed by atoms with E-state index in [-0.39, 0.29) is 5.91 Å². The highest BCUT2D eigenvalue weighted by molar-refractivity contribution is 5.94. The number of benzene rings is 1. The quantitative estimate of drug-likeness (QED) is 0.902. The lowest BCUT2D eigenvalue weighted by molar-refractivity contribution is 0.0909. The highest BCUT2D eigenvalue weighted by atomic mass is 16.1. The van der Waals surface area contributed by atoms with Crippen molar-refractivity contribution in [3.05, 3.63) is 35.4 Å². The maximum absolute atomic E-state index is 12.1. The zero-order chi connectivity index (χ0) is 13.2. The van der Waals surface area contributed by atoms with Crippen molar-refractivity contribution in [2.24, 2.45) is 0 Å². The molecule has 1 saturated carbocycles. The molecule has 19 heavy (non-hydrogen) atoms. The van der Waals surface area contributed by atoms with E-state index in [4.69, 9.17) is 0 Å². The van der Waals surface area contributed by atoms with Crippen LogP contribution in [0.5, 0.6) is 0 Å². The molecule has 0 unspecified atom stereocenters. The average molecular weight is 258 g/mol. The van der Waals surface area contributed by atoms with Crippen molar-refractivity contribution in [2.75, 3.05) is 13.1 Å². The minimum atomic E-state index is 0.0740. The maximum atomic E-state index is 12.1. The summed E-state index contributed by atoms with van der Waals surface area (Å²) in [6.45, 7) is 4.32. The van der Waals surface area contributed by atoms with Gasteiger partial charge in [-0.3, -0.25) is 4.79 Å². The summed E-state index contributed by atoms with van der Waals surface area (Å²) < 4.78 is 0. The van der Waals surface area contributed by atoms with Gasteiger partial charge in [0.05, 0.1) is 0 Å². The van der Waals surface area contributed by atoms with Crippen molar-refractivity contribution < 1.29 is 4.79 Å². The normalized spacial score (nSPS) is 21.3. The van der Waals surface area contributed by atoms with Crippen LogP contribution < -0.4 is 5.32 Å². The topological polar surface area (TPSA) is 32.3 Å². The molecule has 0 radical (unpaired) electrons. The molecular weight excluding hydrogens is 236 g/mol. The fraction of sp³-hybridized carbons (Fsp3) is 0.562. The van der Waals surface area contributed by atoms with E-state index in [0.717, 1.165) is 37.5 Å². The molecule has 1 heterocycles. The van der Waals surface area contributed by atoms with Crippen molar-refractivity contribution in [1.29, 1.82) is 0 Å². The Bertz CT molecular complexity index is 442. The SMILES string of the molecule is Cc1ccc(C(=O)NC2CCN(C3CC3)CC2)cc1. The smallest absolute Gasteiger partial charge is 0.251 e. The minimum Gasteiger partial charge on any atom is -0.349 e. The van der Waals surface area contributed by atoms with E-state index in [0.29, 0.717) is 6.04 Å². The maximum Gasteiger partial charge on any atom is 0.251 e. The van der Waals surface area contributed by atoms with Gasteiger partial charge in [0.2, 0.25) is 0 Å². The number of amides is 1. The molecule has 1 aromatic carbocycles. The Morgan fingerprint density at radius 1 is 1.11 bits per heavy atom. The molecule has 0 aromatic heterocycles. The first-order chi connectivity index (χ1) is 9.22. The highest BCUT2D eigenvalue weighted by Crippen LogP contribution is 2.29. The van der Waals surface area contributed by atoms with Crippen LogP contribution in [-0.4, -0.2) is 36.0 Å². The number of nitrogens with one attached hydrogen (secondary N) is 1. The molecule has 1 saturated heterocycles. The molecule has 1 aliphatic carbocycles. The number of likely N-dealkylation sites (tertiary alicyclic amines) is 1. The highest BCUT2D eigenvalue weighted by Gasteiger charge is 2.32. The van der Waals surface area contributed by atoms with Crippen molar-refractivity contribution in [3.63, 3.8) is 0 Å². The Morgan fingerprint density at radius 3 is 2.32 bits per heavy atom. The molecule has 102 valence electrons. The van der Waals surface area contributed by atoms with Gasteiger partial charge in [0.25, 0.3) is 5.91 Å². The van der Waals surface area contributed by atoms with Crippen LogP contribution in [0, 0.1) is 6.92 Å². The van der Waals surface area contributed by atoms with E-state index in [9.17, 15) is 4.79 Å². The van der Waals surface area contributed by atoms with Crippen LogP contribution in [0.4, 0.5) is 0 Å². The van der Waals surface area contributed by atoms with Crippen molar-refractivity contribution in [1.82, 2.24) is 10.2 Å². The summed E-state index contributed by atoms with van der Waals surface area (Å²) in [5.41, 5.74) is 1.96. The van der Waals surface area contributed by atoms with Gasteiger partial charge in [0.15, 0.2) is 0 Å². The lowest BCUT2D eigenvalue weighted by Gasteiger charge is -2.32. The first kappa shape index (κ1) is 12.7. The molecule has 3 nitrogen and oxygen atoms in total. The number of hydrogen-bond acceptors (Lipinski definition) is 2. The molecular formula is C16H22N2O. The van der Waals surface area contributed by atoms with Gasteiger partial charge in [0.1, 0.15) is 0 Å². The monoisotopic (exact) mass is 258 g/mol. The molecule has 3 heteroatoms. The van der Waals surface area contributed by atoms with Gasteiger partial charge >= 0.3 is 0 Å². The second kappa shape index (κ2) is 5.33. The summed E-state index contributed by atoms with van der Waals surface area (Å²) >= 11 is 0. The van der Waals surface area contributed by atoms with Gasteiger partial charge in [-0.1, -0.05) is 17.7 Å². The fourth-order valence-corrected chi connectivity index (χ4v) is 2.82. The molecule has 1 amide bonds. The minimum absolute atomic E-state index is 0.0740. The number of piperidine rings is 1. The third-order valence-corrected chi connectivity index (χ3v) is 4.24. The van der Waals surface area contributed by atoms with Gasteiger partial charge in [-0.2, -0.15) is 0 Å². The number of hydrogen-bond donors (Lipinski definition) is 1. The van der Waals surface area contributed by atoms with E-state index in [2.05, 4.69) is 10.2 Å². The number of carbonyl (C=O) groups excluding carboxylic acids is 1. The summed E-state index contributed by atoms with van der Waals surface area (Å²) in [4.78, 5) is 14.7. The Morgan fingerprint density at radius 2 is 1.74 bits per heavy atom. The number of nitrogens with zero attached hydrogens (tertiary/aromatic N) is 1. The van der Waals surface area contributed by atoms with Crippen LogP contribution in [0.2, 0.25) is 0 Å². The van der Waals surface area contributed by atoms with E-state index in [1.165, 1.54) is 18.4 Å². The zero-order valence-electron chi connectivity index (χ0n) is 11.6. The molecule has 2 fully saturated rings. The van der Waals surface area contributed by atoms with Crippen LogP contribution in [-0.2, 0) is 0 Å². The number of rotatable bonds is 3. The van der Waals surface area contributed by atoms with Crippen LogP contribution in [0.25, 0.3) is 0 Å². The molecule has 2 aliphatic rings. The average Bonchev–Trinajstić information content (AvgIpc) is 3.25. The van der Waals surface area contributed by atoms with Gasteiger partial charge in [-0.25, -0.2) is 0 Å². The van der Waals surface area contributed by atoms with Crippen LogP contribution >= 0.6 is 0 Å². The van der Waals surface area contributed by atoms with E-state index < -0.39 is 0 Å². The third-order valence-electron chi connectivity index (χ3n) is 4.24. The first-order valence-corrected chi connectivity index (χ1v) is 7.34. The second-order valence-corrected chi connectivity index (χ2v) is 5.88. The molecule has 1 N–H and O–H groups in total. The lowest BCUT2D eigenvalue weighted by Crippen LogP contribution is -2.45. The Labute approximate surface area is 115 Å². The van der Waals surface area contributed by atoms with E-state index in [1.54, 1.807) is 0 Å². The zero-order valence-corrected chi connectivity index (χ0v) is 11.6. The largest absolute Gasteiger partial charge is 0.349 e. The van der Waals surface area contributed by atoms with E-state index >= 15 is 0 Å². The first-order valence-electron chi connectivity index (χ1n) is 7.34. The fourth-order valence-electron chi connectivity index (χ4n) is 2.82. The summed E-state index contributed by atoms with van der Waals surface area (Å²) in [5.74, 6) is 0.0740. The van der Waals surface area contributed by atoms with Crippen LogP contribution in [0.1, 0.15) is 41.6 Å². The molecule has 3 rings (SSSR count). The van der Waals surface area contributed by atoms with Crippen molar-refractivity contribution in [3.8, 4) is 0 Å². The summed E-state index contributed by atoms with van der Waals surface area (Å²) in [6.07, 6.45) is 4.93. The summed E-state index contributed by atoms with van der Waals surface area (Å²) in [7, 11) is 0. The molecule has 0 bridgehead atoms. The van der Waals surface area contributed by atoms with Gasteiger partial charge in [0, 0.05) is 30.7 Å².